The van der Waals surface area contributed by atoms with E-state index in [2.05, 4.69) is 16.6 Å². The molecule has 1 aromatic heterocycles. The Morgan fingerprint density at radius 2 is 2.32 bits per heavy atom. The topological polar surface area (TPSA) is 41.4 Å². The molecule has 0 aromatic carbocycles. The van der Waals surface area contributed by atoms with Crippen LogP contribution in [0, 0.1) is 0 Å². The first-order valence-corrected chi connectivity index (χ1v) is 6.80. The number of carbonyl (C=O) groups excluding carboxylic acids is 1. The first-order valence-electron chi connectivity index (χ1n) is 6.80. The molecule has 1 aromatic rings. The Kier molecular flexibility index (Phi) is 4.37. The van der Waals surface area contributed by atoms with Gasteiger partial charge in [0.1, 0.15) is 0 Å². The van der Waals surface area contributed by atoms with Crippen LogP contribution < -0.4 is 0 Å². The summed E-state index contributed by atoms with van der Waals surface area (Å²) in [5, 5.41) is 4.27. The Bertz CT molecular complexity index is 454. The fourth-order valence-electron chi connectivity index (χ4n) is 2.46. The highest BCUT2D eigenvalue weighted by Gasteiger charge is 2.30. The van der Waals surface area contributed by atoms with Crippen molar-refractivity contribution in [1.82, 2.24) is 19.6 Å². The van der Waals surface area contributed by atoms with E-state index in [-0.39, 0.29) is 11.9 Å². The van der Waals surface area contributed by atoms with Crippen LogP contribution in [-0.4, -0.2) is 51.2 Å². The second kappa shape index (κ2) is 6.02. The molecule has 0 radical (unpaired) electrons. The molecule has 0 saturated carbocycles. The number of likely N-dealkylation sites (N-methyl/N-ethyl adjacent to an activating group) is 1. The van der Waals surface area contributed by atoms with Crippen molar-refractivity contribution in [3.05, 3.63) is 30.6 Å². The van der Waals surface area contributed by atoms with Gasteiger partial charge in [-0.2, -0.15) is 5.10 Å². The highest BCUT2D eigenvalue weighted by molar-refractivity contribution is 5.82. The summed E-state index contributed by atoms with van der Waals surface area (Å²) in [5.74, 6) is 0.229. The van der Waals surface area contributed by atoms with E-state index in [1.54, 1.807) is 0 Å². The maximum atomic E-state index is 12.1. The van der Waals surface area contributed by atoms with Crippen molar-refractivity contribution in [3.8, 4) is 0 Å². The quantitative estimate of drug-likeness (QED) is 0.747. The maximum Gasteiger partial charge on any atom is 0.239 e. The minimum absolute atomic E-state index is 0.0449. The van der Waals surface area contributed by atoms with E-state index in [0.29, 0.717) is 0 Å². The van der Waals surface area contributed by atoms with Crippen LogP contribution in [0.4, 0.5) is 0 Å². The molecule has 5 heteroatoms. The summed E-state index contributed by atoms with van der Waals surface area (Å²) in [6.07, 6.45) is 5.71. The average molecular weight is 262 g/mol. The maximum absolute atomic E-state index is 12.1. The van der Waals surface area contributed by atoms with Crippen molar-refractivity contribution in [2.75, 3.05) is 19.6 Å². The fourth-order valence-corrected chi connectivity index (χ4v) is 2.46. The third-order valence-corrected chi connectivity index (χ3v) is 3.64. The largest absolute Gasteiger partial charge is 0.340 e. The first-order chi connectivity index (χ1) is 9.15. The molecule has 1 fully saturated rings. The number of rotatable bonds is 5. The van der Waals surface area contributed by atoms with Crippen molar-refractivity contribution in [3.63, 3.8) is 0 Å². The van der Waals surface area contributed by atoms with Gasteiger partial charge in [0, 0.05) is 37.9 Å². The lowest BCUT2D eigenvalue weighted by Gasteiger charge is -2.38. The molecule has 0 bridgehead atoms. The van der Waals surface area contributed by atoms with Gasteiger partial charge in [0.25, 0.3) is 0 Å². The molecule has 104 valence electrons. The van der Waals surface area contributed by atoms with Crippen LogP contribution >= 0.6 is 0 Å². The Morgan fingerprint density at radius 1 is 1.53 bits per heavy atom. The second-order valence-electron chi connectivity index (χ2n) is 4.92. The number of piperazine rings is 1. The van der Waals surface area contributed by atoms with Crippen molar-refractivity contribution >= 4 is 5.91 Å². The second-order valence-corrected chi connectivity index (χ2v) is 4.92. The van der Waals surface area contributed by atoms with E-state index in [0.717, 1.165) is 38.3 Å². The van der Waals surface area contributed by atoms with E-state index in [9.17, 15) is 4.79 Å². The number of amides is 1. The summed E-state index contributed by atoms with van der Waals surface area (Å²) in [4.78, 5) is 16.2. The van der Waals surface area contributed by atoms with Gasteiger partial charge in [-0.25, -0.2) is 0 Å². The summed E-state index contributed by atoms with van der Waals surface area (Å²) in [6.45, 7) is 11.8. The zero-order valence-corrected chi connectivity index (χ0v) is 11.7. The van der Waals surface area contributed by atoms with Gasteiger partial charge in [0.05, 0.1) is 18.8 Å². The summed E-state index contributed by atoms with van der Waals surface area (Å²) in [6, 6.07) is -0.0449. The summed E-state index contributed by atoms with van der Waals surface area (Å²) in [7, 11) is 0. The Hall–Kier alpha value is -1.62. The molecule has 1 atom stereocenters. The van der Waals surface area contributed by atoms with Gasteiger partial charge in [-0.15, -0.1) is 6.58 Å². The minimum Gasteiger partial charge on any atom is -0.340 e. The van der Waals surface area contributed by atoms with Crippen molar-refractivity contribution in [1.29, 1.82) is 0 Å². The van der Waals surface area contributed by atoms with Gasteiger partial charge in [-0.3, -0.25) is 14.4 Å². The van der Waals surface area contributed by atoms with Crippen LogP contribution in [0.2, 0.25) is 0 Å². The van der Waals surface area contributed by atoms with Gasteiger partial charge in [-0.05, 0) is 13.8 Å². The van der Waals surface area contributed by atoms with Crippen LogP contribution in [0.5, 0.6) is 0 Å². The lowest BCUT2D eigenvalue weighted by Crippen LogP contribution is -2.55. The predicted molar refractivity (Wildman–Crippen MR) is 74.6 cm³/mol. The minimum atomic E-state index is -0.0449. The van der Waals surface area contributed by atoms with E-state index in [4.69, 9.17) is 0 Å². The summed E-state index contributed by atoms with van der Waals surface area (Å²) in [5.41, 5.74) is 1.14. The molecule has 19 heavy (non-hydrogen) atoms. The Labute approximate surface area is 114 Å². The van der Waals surface area contributed by atoms with E-state index >= 15 is 0 Å². The lowest BCUT2D eigenvalue weighted by atomic mass is 10.1. The molecule has 0 aliphatic carbocycles. The van der Waals surface area contributed by atoms with Gasteiger partial charge in [0.15, 0.2) is 0 Å². The highest BCUT2D eigenvalue weighted by Crippen LogP contribution is 2.14. The Balaban J connectivity index is 1.98. The molecule has 1 amide bonds. The van der Waals surface area contributed by atoms with E-state index in [1.807, 2.05) is 41.9 Å². The van der Waals surface area contributed by atoms with Crippen molar-refractivity contribution < 1.29 is 4.79 Å². The van der Waals surface area contributed by atoms with Crippen molar-refractivity contribution in [2.45, 2.75) is 33.0 Å². The number of aromatic nitrogens is 2. The molecular weight excluding hydrogens is 240 g/mol. The van der Waals surface area contributed by atoms with Crippen LogP contribution in [0.3, 0.4) is 0 Å². The smallest absolute Gasteiger partial charge is 0.239 e. The molecule has 1 saturated heterocycles. The molecule has 1 aliphatic heterocycles. The van der Waals surface area contributed by atoms with Gasteiger partial charge >= 0.3 is 0 Å². The standard InChI is InChI=1S/C14H22N4O/c1-4-6-18-11-13(9-15-18)10-17-8-7-16(5-2)14(19)12(17)3/h4,9,11-12H,1,5-8,10H2,2-3H3. The molecule has 1 unspecified atom stereocenters. The zero-order chi connectivity index (χ0) is 13.8. The molecule has 2 rings (SSSR count). The fraction of sp³-hybridized carbons (Fsp3) is 0.571. The third-order valence-electron chi connectivity index (χ3n) is 3.64. The lowest BCUT2D eigenvalue weighted by molar-refractivity contribution is -0.141. The third kappa shape index (κ3) is 3.04. The summed E-state index contributed by atoms with van der Waals surface area (Å²) >= 11 is 0. The summed E-state index contributed by atoms with van der Waals surface area (Å²) < 4.78 is 1.86. The van der Waals surface area contributed by atoms with Crippen LogP contribution in [0.1, 0.15) is 19.4 Å². The monoisotopic (exact) mass is 262 g/mol. The molecular formula is C14H22N4O. The van der Waals surface area contributed by atoms with Gasteiger partial charge in [-0.1, -0.05) is 6.08 Å². The van der Waals surface area contributed by atoms with E-state index in [1.165, 1.54) is 0 Å². The number of allylic oxidation sites excluding steroid dienone is 1. The molecule has 2 heterocycles. The predicted octanol–water partition coefficient (Wildman–Crippen LogP) is 1.12. The molecule has 0 N–H and O–H groups in total. The molecule has 0 spiro atoms. The number of carbonyl (C=O) groups is 1. The number of hydrogen-bond acceptors (Lipinski definition) is 3. The number of hydrogen-bond donors (Lipinski definition) is 0. The van der Waals surface area contributed by atoms with Crippen molar-refractivity contribution in [2.24, 2.45) is 0 Å². The van der Waals surface area contributed by atoms with Gasteiger partial charge in [0.2, 0.25) is 5.91 Å². The molecule has 5 nitrogen and oxygen atoms in total. The number of nitrogens with zero attached hydrogens (tertiary/aromatic N) is 4. The first kappa shape index (κ1) is 13.8. The highest BCUT2D eigenvalue weighted by atomic mass is 16.2. The normalized spacial score (nSPS) is 20.8. The zero-order valence-electron chi connectivity index (χ0n) is 11.7. The molecule has 1 aliphatic rings. The van der Waals surface area contributed by atoms with Crippen LogP contribution in [0.15, 0.2) is 25.0 Å². The SMILES string of the molecule is C=CCn1cc(CN2CCN(CC)C(=O)C2C)cn1. The Morgan fingerprint density at radius 3 is 3.00 bits per heavy atom. The van der Waals surface area contributed by atoms with E-state index < -0.39 is 0 Å². The van der Waals surface area contributed by atoms with Gasteiger partial charge < -0.3 is 4.90 Å². The van der Waals surface area contributed by atoms with Crippen LogP contribution in [0.25, 0.3) is 0 Å². The van der Waals surface area contributed by atoms with Crippen LogP contribution in [-0.2, 0) is 17.9 Å². The average Bonchev–Trinajstić information content (AvgIpc) is 2.83.